The van der Waals surface area contributed by atoms with Gasteiger partial charge in [-0.2, -0.15) is 0 Å². The molecule has 1 saturated heterocycles. The lowest BCUT2D eigenvalue weighted by atomic mass is 9.95. The third kappa shape index (κ3) is 2.17. The summed E-state index contributed by atoms with van der Waals surface area (Å²) in [4.78, 5) is 14.3. The summed E-state index contributed by atoms with van der Waals surface area (Å²) in [5.41, 5.74) is 5.72. The highest BCUT2D eigenvalue weighted by atomic mass is 16.2. The zero-order valence-electron chi connectivity index (χ0n) is 9.61. The topological polar surface area (TPSA) is 46.3 Å². The first-order chi connectivity index (χ1) is 7.22. The second-order valence-corrected chi connectivity index (χ2v) is 5.21. The molecular formula is C12H22N2O. The predicted octanol–water partition coefficient (Wildman–Crippen LogP) is 1.23. The van der Waals surface area contributed by atoms with Crippen molar-refractivity contribution in [1.29, 1.82) is 0 Å². The maximum Gasteiger partial charge on any atom is 0.226 e. The van der Waals surface area contributed by atoms with E-state index in [1.807, 2.05) is 0 Å². The second-order valence-electron chi connectivity index (χ2n) is 5.21. The summed E-state index contributed by atoms with van der Waals surface area (Å²) < 4.78 is 0. The van der Waals surface area contributed by atoms with Crippen LogP contribution in [0.1, 0.15) is 32.6 Å². The molecule has 2 aliphatic rings. The molecule has 0 bridgehead atoms. The molecule has 0 aromatic heterocycles. The number of rotatable bonds is 2. The molecule has 1 amide bonds. The summed E-state index contributed by atoms with van der Waals surface area (Å²) in [5.74, 6) is 1.76. The minimum Gasteiger partial charge on any atom is -0.342 e. The molecule has 15 heavy (non-hydrogen) atoms. The number of hydrogen-bond donors (Lipinski definition) is 1. The molecule has 1 heterocycles. The van der Waals surface area contributed by atoms with E-state index < -0.39 is 0 Å². The van der Waals surface area contributed by atoms with E-state index in [4.69, 9.17) is 5.73 Å². The Morgan fingerprint density at radius 1 is 1.40 bits per heavy atom. The maximum atomic E-state index is 12.2. The number of hydrogen-bond acceptors (Lipinski definition) is 2. The first-order valence-corrected chi connectivity index (χ1v) is 6.21. The minimum atomic E-state index is 0.236. The molecule has 0 aromatic carbocycles. The molecule has 2 rings (SSSR count). The van der Waals surface area contributed by atoms with Crippen LogP contribution < -0.4 is 5.73 Å². The van der Waals surface area contributed by atoms with Gasteiger partial charge in [-0.15, -0.1) is 0 Å². The number of likely N-dealkylation sites (tertiary alicyclic amines) is 1. The Morgan fingerprint density at radius 3 is 2.80 bits per heavy atom. The lowest BCUT2D eigenvalue weighted by molar-refractivity contribution is -0.135. The summed E-state index contributed by atoms with van der Waals surface area (Å²) in [7, 11) is 0. The highest BCUT2D eigenvalue weighted by Crippen LogP contribution is 2.33. The summed E-state index contributed by atoms with van der Waals surface area (Å²) in [6.45, 7) is 4.84. The second kappa shape index (κ2) is 4.52. The van der Waals surface area contributed by atoms with Gasteiger partial charge in [0.25, 0.3) is 0 Å². The first kappa shape index (κ1) is 10.9. The van der Waals surface area contributed by atoms with E-state index >= 15 is 0 Å². The van der Waals surface area contributed by atoms with Gasteiger partial charge < -0.3 is 10.6 Å². The van der Waals surface area contributed by atoms with Crippen molar-refractivity contribution in [2.24, 2.45) is 23.5 Å². The lowest BCUT2D eigenvalue weighted by Gasteiger charge is -2.24. The summed E-state index contributed by atoms with van der Waals surface area (Å²) >= 11 is 0. The van der Waals surface area contributed by atoms with Crippen molar-refractivity contribution in [2.75, 3.05) is 19.6 Å². The molecule has 1 saturated carbocycles. The van der Waals surface area contributed by atoms with E-state index in [0.29, 0.717) is 24.3 Å². The number of amides is 1. The van der Waals surface area contributed by atoms with E-state index in [1.165, 1.54) is 12.8 Å². The van der Waals surface area contributed by atoms with Gasteiger partial charge in [0.2, 0.25) is 5.91 Å². The van der Waals surface area contributed by atoms with Crippen LogP contribution in [0.4, 0.5) is 0 Å². The Labute approximate surface area is 92.0 Å². The van der Waals surface area contributed by atoms with Gasteiger partial charge in [-0.3, -0.25) is 4.79 Å². The van der Waals surface area contributed by atoms with Crippen molar-refractivity contribution in [3.63, 3.8) is 0 Å². The SMILES string of the molecule is CC1CCN(C(=O)C2CCCC2CN)C1. The molecule has 0 radical (unpaired) electrons. The summed E-state index contributed by atoms with van der Waals surface area (Å²) in [6, 6.07) is 0. The van der Waals surface area contributed by atoms with Crippen LogP contribution in [-0.4, -0.2) is 30.4 Å². The average molecular weight is 210 g/mol. The Morgan fingerprint density at radius 2 is 2.20 bits per heavy atom. The van der Waals surface area contributed by atoms with Gasteiger partial charge in [0, 0.05) is 19.0 Å². The quantitative estimate of drug-likeness (QED) is 0.745. The fraction of sp³-hybridized carbons (Fsp3) is 0.917. The van der Waals surface area contributed by atoms with Crippen molar-refractivity contribution < 1.29 is 4.79 Å². The fourth-order valence-electron chi connectivity index (χ4n) is 3.01. The minimum absolute atomic E-state index is 0.236. The standard InChI is InChI=1S/C12H22N2O/c1-9-5-6-14(8-9)12(15)11-4-2-3-10(11)7-13/h9-11H,2-8,13H2,1H3. The van der Waals surface area contributed by atoms with Gasteiger partial charge in [0.05, 0.1) is 0 Å². The molecule has 3 unspecified atom stereocenters. The third-order valence-electron chi connectivity index (χ3n) is 4.01. The van der Waals surface area contributed by atoms with Crippen LogP contribution in [0.5, 0.6) is 0 Å². The normalized spacial score (nSPS) is 36.1. The van der Waals surface area contributed by atoms with E-state index in [1.54, 1.807) is 0 Å². The number of carbonyl (C=O) groups excluding carboxylic acids is 1. The lowest BCUT2D eigenvalue weighted by Crippen LogP contribution is -2.37. The fourth-order valence-corrected chi connectivity index (χ4v) is 3.01. The van der Waals surface area contributed by atoms with Crippen molar-refractivity contribution in [3.05, 3.63) is 0 Å². The van der Waals surface area contributed by atoms with Crippen LogP contribution in [0, 0.1) is 17.8 Å². The zero-order valence-corrected chi connectivity index (χ0v) is 9.61. The van der Waals surface area contributed by atoms with Gasteiger partial charge in [0.15, 0.2) is 0 Å². The van der Waals surface area contributed by atoms with Crippen LogP contribution in [0.15, 0.2) is 0 Å². The van der Waals surface area contributed by atoms with Crippen LogP contribution in [0.2, 0.25) is 0 Å². The highest BCUT2D eigenvalue weighted by molar-refractivity contribution is 5.79. The van der Waals surface area contributed by atoms with Gasteiger partial charge in [0.1, 0.15) is 0 Å². The van der Waals surface area contributed by atoms with Crippen molar-refractivity contribution >= 4 is 5.91 Å². The van der Waals surface area contributed by atoms with Crippen molar-refractivity contribution in [3.8, 4) is 0 Å². The molecule has 3 nitrogen and oxygen atoms in total. The van der Waals surface area contributed by atoms with E-state index in [2.05, 4.69) is 11.8 Å². The van der Waals surface area contributed by atoms with Crippen LogP contribution >= 0.6 is 0 Å². The Kier molecular flexibility index (Phi) is 3.29. The monoisotopic (exact) mass is 210 g/mol. The Bertz CT molecular complexity index is 242. The molecule has 3 heteroatoms. The van der Waals surface area contributed by atoms with Gasteiger partial charge in [-0.1, -0.05) is 13.3 Å². The van der Waals surface area contributed by atoms with Gasteiger partial charge >= 0.3 is 0 Å². The predicted molar refractivity (Wildman–Crippen MR) is 60.2 cm³/mol. The van der Waals surface area contributed by atoms with Gasteiger partial charge in [-0.05, 0) is 37.6 Å². The average Bonchev–Trinajstić information content (AvgIpc) is 2.84. The molecule has 0 spiro atoms. The number of carbonyl (C=O) groups is 1. The Hall–Kier alpha value is -0.570. The smallest absolute Gasteiger partial charge is 0.226 e. The molecule has 1 aliphatic heterocycles. The van der Waals surface area contributed by atoms with E-state index in [0.717, 1.165) is 25.9 Å². The molecule has 2 fully saturated rings. The van der Waals surface area contributed by atoms with Crippen LogP contribution in [0.3, 0.4) is 0 Å². The molecule has 1 aliphatic carbocycles. The van der Waals surface area contributed by atoms with Crippen molar-refractivity contribution in [1.82, 2.24) is 4.90 Å². The van der Waals surface area contributed by atoms with E-state index in [9.17, 15) is 4.79 Å². The van der Waals surface area contributed by atoms with Crippen molar-refractivity contribution in [2.45, 2.75) is 32.6 Å². The maximum absolute atomic E-state index is 12.2. The molecule has 3 atom stereocenters. The zero-order chi connectivity index (χ0) is 10.8. The van der Waals surface area contributed by atoms with Crippen LogP contribution in [0.25, 0.3) is 0 Å². The number of nitrogens with two attached hydrogens (primary N) is 1. The Balaban J connectivity index is 1.95. The van der Waals surface area contributed by atoms with Gasteiger partial charge in [-0.25, -0.2) is 0 Å². The third-order valence-corrected chi connectivity index (χ3v) is 4.01. The molecule has 86 valence electrons. The summed E-state index contributed by atoms with van der Waals surface area (Å²) in [5, 5.41) is 0. The largest absolute Gasteiger partial charge is 0.342 e. The highest BCUT2D eigenvalue weighted by Gasteiger charge is 2.36. The summed E-state index contributed by atoms with van der Waals surface area (Å²) in [6.07, 6.45) is 4.56. The van der Waals surface area contributed by atoms with E-state index in [-0.39, 0.29) is 5.92 Å². The molecular weight excluding hydrogens is 188 g/mol. The molecule has 2 N–H and O–H groups in total. The van der Waals surface area contributed by atoms with Crippen LogP contribution in [-0.2, 0) is 4.79 Å². The molecule has 0 aromatic rings. The first-order valence-electron chi connectivity index (χ1n) is 6.21. The number of nitrogens with zero attached hydrogens (tertiary/aromatic N) is 1.